The fourth-order valence-corrected chi connectivity index (χ4v) is 5.37. The Labute approximate surface area is 221 Å². The lowest BCUT2D eigenvalue weighted by Gasteiger charge is -2.31. The van der Waals surface area contributed by atoms with Crippen molar-refractivity contribution in [3.63, 3.8) is 0 Å². The Balaban J connectivity index is 1.53. The highest BCUT2D eigenvalue weighted by Gasteiger charge is 2.31. The summed E-state index contributed by atoms with van der Waals surface area (Å²) in [6, 6.07) is 19.0. The molecule has 0 bridgehead atoms. The molecular weight excluding hydrogens is 520 g/mol. The van der Waals surface area contributed by atoms with Gasteiger partial charge in [-0.3, -0.25) is 9.59 Å². The zero-order valence-electron chi connectivity index (χ0n) is 20.8. The molecule has 6 nitrogen and oxygen atoms in total. The molecule has 0 spiro atoms. The third-order valence-electron chi connectivity index (χ3n) is 6.78. The minimum atomic E-state index is -0.580. The minimum Gasteiger partial charge on any atom is -0.497 e. The number of ether oxygens (including phenoxy) is 2. The lowest BCUT2D eigenvalue weighted by molar-refractivity contribution is -0.143. The maximum absolute atomic E-state index is 13.5. The summed E-state index contributed by atoms with van der Waals surface area (Å²) in [7, 11) is 1.62. The fourth-order valence-electron chi connectivity index (χ4n) is 4.76. The van der Waals surface area contributed by atoms with Gasteiger partial charge in [-0.2, -0.15) is 0 Å². The van der Waals surface area contributed by atoms with Crippen molar-refractivity contribution in [2.24, 2.45) is 0 Å². The molecule has 1 aliphatic carbocycles. The van der Waals surface area contributed by atoms with Gasteiger partial charge in [0.15, 0.2) is 6.61 Å². The number of hydrogen-bond donors (Lipinski definition) is 1. The second-order valence-corrected chi connectivity index (χ2v) is 9.96. The number of nitrogens with one attached hydrogen (secondary N) is 1. The van der Waals surface area contributed by atoms with Crippen molar-refractivity contribution in [3.8, 4) is 11.5 Å². The van der Waals surface area contributed by atoms with Gasteiger partial charge < -0.3 is 19.7 Å². The maximum Gasteiger partial charge on any atom is 0.261 e. The van der Waals surface area contributed by atoms with Gasteiger partial charge in [-0.05, 0) is 69.7 Å². The third kappa shape index (κ3) is 6.19. The van der Waals surface area contributed by atoms with E-state index in [4.69, 9.17) is 9.47 Å². The lowest BCUT2D eigenvalue weighted by Crippen LogP contribution is -2.52. The molecule has 0 saturated heterocycles. The molecule has 3 aromatic rings. The average molecular weight is 553 g/mol. The van der Waals surface area contributed by atoms with E-state index in [0.717, 1.165) is 52.2 Å². The number of hydrogen-bond acceptors (Lipinski definition) is 4. The van der Waals surface area contributed by atoms with Crippen molar-refractivity contribution in [3.05, 3.63) is 70.7 Å². The van der Waals surface area contributed by atoms with E-state index in [0.29, 0.717) is 18.7 Å². The minimum absolute atomic E-state index is 0.0989. The van der Waals surface area contributed by atoms with Crippen LogP contribution in [0.15, 0.2) is 65.1 Å². The fraction of sp³-hybridized carbons (Fsp3) is 0.379. The quantitative estimate of drug-likeness (QED) is 0.342. The van der Waals surface area contributed by atoms with Crippen molar-refractivity contribution < 1.29 is 19.1 Å². The highest BCUT2D eigenvalue weighted by atomic mass is 79.9. The standard InChI is InChI=1S/C29H33BrN2O4/c1-3-25(29(34)31-22-9-5-6-10-22)32(18-20-12-15-23(35-2)16-13-20)27(33)19-36-26-17-14-21-8-4-7-11-24(21)28(26)30/h4,7-8,11-17,22,25H,3,5-6,9-10,18-19H2,1-2H3,(H,31,34)/t25-/m1/s1. The molecule has 1 fully saturated rings. The summed E-state index contributed by atoms with van der Waals surface area (Å²) in [6.07, 6.45) is 4.76. The van der Waals surface area contributed by atoms with Gasteiger partial charge in [0.2, 0.25) is 5.91 Å². The summed E-state index contributed by atoms with van der Waals surface area (Å²) in [5, 5.41) is 5.27. The number of benzene rings is 3. The SMILES string of the molecule is CC[C@H](C(=O)NC1CCCC1)N(Cc1ccc(OC)cc1)C(=O)COc1ccc2ccccc2c1Br. The first kappa shape index (κ1) is 26.0. The first-order chi connectivity index (χ1) is 17.5. The predicted molar refractivity (Wildman–Crippen MR) is 145 cm³/mol. The van der Waals surface area contributed by atoms with Crippen LogP contribution in [0.25, 0.3) is 10.8 Å². The summed E-state index contributed by atoms with van der Waals surface area (Å²) in [5.74, 6) is 1.000. The number of methoxy groups -OCH3 is 1. The van der Waals surface area contributed by atoms with Crippen LogP contribution in [0.1, 0.15) is 44.6 Å². The highest BCUT2D eigenvalue weighted by Crippen LogP contribution is 2.33. The second-order valence-electron chi connectivity index (χ2n) is 9.17. The van der Waals surface area contributed by atoms with Crippen LogP contribution in [0, 0.1) is 0 Å². The van der Waals surface area contributed by atoms with Gasteiger partial charge in [-0.15, -0.1) is 0 Å². The van der Waals surface area contributed by atoms with Crippen molar-refractivity contribution in [1.29, 1.82) is 0 Å². The molecule has 0 unspecified atom stereocenters. The third-order valence-corrected chi connectivity index (χ3v) is 7.60. The molecule has 1 N–H and O–H groups in total. The van der Waals surface area contributed by atoms with Crippen LogP contribution in [0.4, 0.5) is 0 Å². The van der Waals surface area contributed by atoms with Crippen molar-refractivity contribution in [1.82, 2.24) is 10.2 Å². The molecule has 2 amide bonds. The van der Waals surface area contributed by atoms with Gasteiger partial charge in [0.05, 0.1) is 11.6 Å². The molecule has 0 heterocycles. The Morgan fingerprint density at radius 3 is 2.47 bits per heavy atom. The molecule has 1 aliphatic rings. The molecule has 0 aromatic heterocycles. The van der Waals surface area contributed by atoms with Crippen LogP contribution >= 0.6 is 15.9 Å². The largest absolute Gasteiger partial charge is 0.497 e. The molecule has 1 saturated carbocycles. The number of halogens is 1. The Kier molecular flexibility index (Phi) is 8.86. The lowest BCUT2D eigenvalue weighted by atomic mass is 10.1. The predicted octanol–water partition coefficient (Wildman–Crippen LogP) is 5.86. The normalized spacial score (nSPS) is 14.4. The average Bonchev–Trinajstić information content (AvgIpc) is 3.41. The molecule has 0 radical (unpaired) electrons. The molecule has 36 heavy (non-hydrogen) atoms. The summed E-state index contributed by atoms with van der Waals surface area (Å²) >= 11 is 3.63. The van der Waals surface area contributed by atoms with Gasteiger partial charge in [0.1, 0.15) is 17.5 Å². The first-order valence-corrected chi connectivity index (χ1v) is 13.3. The molecule has 0 aliphatic heterocycles. The number of carbonyl (C=O) groups is 2. The van der Waals surface area contributed by atoms with Crippen LogP contribution in [0.2, 0.25) is 0 Å². The van der Waals surface area contributed by atoms with E-state index < -0.39 is 6.04 Å². The number of nitrogens with zero attached hydrogens (tertiary/aromatic N) is 1. The molecule has 190 valence electrons. The topological polar surface area (TPSA) is 67.9 Å². The van der Waals surface area contributed by atoms with E-state index in [1.54, 1.807) is 12.0 Å². The molecule has 3 aromatic carbocycles. The summed E-state index contributed by atoms with van der Waals surface area (Å²) in [6.45, 7) is 2.08. The maximum atomic E-state index is 13.5. The van der Waals surface area contributed by atoms with Gasteiger partial charge in [0.25, 0.3) is 5.91 Å². The molecule has 7 heteroatoms. The van der Waals surface area contributed by atoms with E-state index in [9.17, 15) is 9.59 Å². The molecule has 4 rings (SSSR count). The van der Waals surface area contributed by atoms with Crippen LogP contribution in [0.5, 0.6) is 11.5 Å². The van der Waals surface area contributed by atoms with Crippen LogP contribution in [-0.2, 0) is 16.1 Å². The van der Waals surface area contributed by atoms with Crippen molar-refractivity contribution in [2.75, 3.05) is 13.7 Å². The van der Waals surface area contributed by atoms with E-state index >= 15 is 0 Å². The summed E-state index contributed by atoms with van der Waals surface area (Å²) < 4.78 is 12.0. The summed E-state index contributed by atoms with van der Waals surface area (Å²) in [4.78, 5) is 28.5. The van der Waals surface area contributed by atoms with Crippen molar-refractivity contribution in [2.45, 2.75) is 57.7 Å². The Morgan fingerprint density at radius 2 is 1.78 bits per heavy atom. The smallest absolute Gasteiger partial charge is 0.261 e. The molecular formula is C29H33BrN2O4. The summed E-state index contributed by atoms with van der Waals surface area (Å²) in [5.41, 5.74) is 0.920. The number of amides is 2. The van der Waals surface area contributed by atoms with Gasteiger partial charge in [0, 0.05) is 12.6 Å². The zero-order valence-corrected chi connectivity index (χ0v) is 22.4. The van der Waals surface area contributed by atoms with E-state index in [-0.39, 0.29) is 24.5 Å². The van der Waals surface area contributed by atoms with Crippen molar-refractivity contribution >= 4 is 38.5 Å². The number of fused-ring (bicyclic) bond motifs is 1. The van der Waals surface area contributed by atoms with E-state index in [1.165, 1.54) is 0 Å². The molecule has 1 atom stereocenters. The number of carbonyl (C=O) groups excluding carboxylic acids is 2. The van der Waals surface area contributed by atoms with Crippen LogP contribution < -0.4 is 14.8 Å². The number of rotatable bonds is 10. The second kappa shape index (κ2) is 12.3. The zero-order chi connectivity index (χ0) is 25.5. The Morgan fingerprint density at radius 1 is 1.06 bits per heavy atom. The first-order valence-electron chi connectivity index (χ1n) is 12.5. The van der Waals surface area contributed by atoms with E-state index in [1.807, 2.05) is 67.6 Å². The monoisotopic (exact) mass is 552 g/mol. The highest BCUT2D eigenvalue weighted by molar-refractivity contribution is 9.10. The van der Waals surface area contributed by atoms with Gasteiger partial charge in [-0.25, -0.2) is 0 Å². The van der Waals surface area contributed by atoms with Crippen LogP contribution in [0.3, 0.4) is 0 Å². The Bertz CT molecular complexity index is 1190. The van der Waals surface area contributed by atoms with E-state index in [2.05, 4.69) is 21.2 Å². The van der Waals surface area contributed by atoms with Crippen LogP contribution in [-0.4, -0.2) is 42.5 Å². The Hall–Kier alpha value is -3.06. The van der Waals surface area contributed by atoms with Gasteiger partial charge >= 0.3 is 0 Å². The van der Waals surface area contributed by atoms with Gasteiger partial charge in [-0.1, -0.05) is 62.2 Å².